The third kappa shape index (κ3) is 10.1. The van der Waals surface area contributed by atoms with E-state index in [9.17, 15) is 24.0 Å². The number of nitrogens with zero attached hydrogens (tertiary/aromatic N) is 1. The van der Waals surface area contributed by atoms with E-state index in [0.717, 1.165) is 24.8 Å². The highest BCUT2D eigenvalue weighted by Gasteiger charge is 2.56. The van der Waals surface area contributed by atoms with Gasteiger partial charge in [0.1, 0.15) is 12.6 Å². The largest absolute Gasteiger partial charge is 0.467 e. The number of nitrogens with two attached hydrogens (primary N) is 1. The second kappa shape index (κ2) is 17.9. The molecule has 11 nitrogen and oxygen atoms in total. The Kier molecular flexibility index (Phi) is 14.7. The number of methoxy groups -OCH3 is 1. The average molecular weight is 625 g/mol. The Balaban J connectivity index is 2.28. The lowest BCUT2D eigenvalue weighted by atomic mass is 9.77. The van der Waals surface area contributed by atoms with Crippen molar-refractivity contribution in [1.29, 1.82) is 0 Å². The highest BCUT2D eigenvalue weighted by Crippen LogP contribution is 2.28. The third-order valence-corrected chi connectivity index (χ3v) is 7.75. The Morgan fingerprint density at radius 3 is 1.93 bits per heavy atom. The summed E-state index contributed by atoms with van der Waals surface area (Å²) in [6, 6.07) is 16.6. The Bertz CT molecular complexity index is 1270. The van der Waals surface area contributed by atoms with Crippen molar-refractivity contribution in [2.24, 2.45) is 17.7 Å². The highest BCUT2D eigenvalue weighted by molar-refractivity contribution is 6.15. The number of amides is 3. The van der Waals surface area contributed by atoms with Gasteiger partial charge in [0.05, 0.1) is 13.2 Å². The van der Waals surface area contributed by atoms with E-state index in [1.165, 1.54) is 19.6 Å². The zero-order chi connectivity index (χ0) is 33.6. The second-order valence-electron chi connectivity index (χ2n) is 11.7. The molecule has 246 valence electrons. The minimum Gasteiger partial charge on any atom is -0.467 e. The van der Waals surface area contributed by atoms with Gasteiger partial charge in [0.15, 0.2) is 11.3 Å². The number of hydrazine groups is 1. The van der Waals surface area contributed by atoms with Gasteiger partial charge >= 0.3 is 12.1 Å². The molecule has 3 amide bonds. The molecule has 2 aromatic rings. The number of aryl methyl sites for hydroxylation is 1. The van der Waals surface area contributed by atoms with Crippen molar-refractivity contribution in [1.82, 2.24) is 15.6 Å². The van der Waals surface area contributed by atoms with Crippen LogP contribution in [-0.2, 0) is 41.7 Å². The molecular weight excluding hydrogens is 576 g/mol. The van der Waals surface area contributed by atoms with Gasteiger partial charge < -0.3 is 20.1 Å². The molecular formula is C34H48N4O7. The molecule has 11 heteroatoms. The number of benzene rings is 2. The number of Topliss-reactive ketones (excluding diaryl/α,β-unsaturated/α-hetero) is 1. The van der Waals surface area contributed by atoms with Gasteiger partial charge in [-0.25, -0.2) is 15.4 Å². The molecule has 0 aliphatic heterocycles. The first-order valence-corrected chi connectivity index (χ1v) is 15.4. The molecule has 0 spiro atoms. The van der Waals surface area contributed by atoms with E-state index in [0.29, 0.717) is 11.4 Å². The molecule has 0 fully saturated rings. The van der Waals surface area contributed by atoms with Crippen molar-refractivity contribution in [3.8, 4) is 0 Å². The van der Waals surface area contributed by atoms with E-state index < -0.39 is 59.1 Å². The van der Waals surface area contributed by atoms with Crippen LogP contribution in [0.25, 0.3) is 0 Å². The fourth-order valence-electron chi connectivity index (χ4n) is 5.12. The maximum atomic E-state index is 14.2. The summed E-state index contributed by atoms with van der Waals surface area (Å²) in [5.41, 5.74) is -0.332. The average Bonchev–Trinajstić information content (AvgIpc) is 3.02. The first-order valence-electron chi connectivity index (χ1n) is 15.4. The molecule has 0 radical (unpaired) electrons. The van der Waals surface area contributed by atoms with Crippen molar-refractivity contribution in [3.05, 3.63) is 71.8 Å². The maximum absolute atomic E-state index is 14.2. The summed E-state index contributed by atoms with van der Waals surface area (Å²) < 4.78 is 10.1. The Morgan fingerprint density at radius 2 is 1.40 bits per heavy atom. The summed E-state index contributed by atoms with van der Waals surface area (Å²) in [7, 11) is 1.19. The molecule has 3 atom stereocenters. The topological polar surface area (TPSA) is 157 Å². The molecule has 0 unspecified atom stereocenters. The molecule has 0 aromatic heterocycles. The smallest absolute Gasteiger partial charge is 0.408 e. The lowest BCUT2D eigenvalue weighted by molar-refractivity contribution is -0.162. The summed E-state index contributed by atoms with van der Waals surface area (Å²) in [5.74, 6) is 2.03. The van der Waals surface area contributed by atoms with Crippen molar-refractivity contribution in [3.63, 3.8) is 0 Å². The standard InChI is InChI=1S/C34H48N4O7/c1-23(2)29(31(41)44-6)37-32(42)34(24(3)4,30(40)25(5)36-33(43)45-22-27-19-13-8-14-20-27)38(35)28(39)21-15-9-12-18-26-16-10-7-11-17-26/h7-8,10-11,13-14,16-17,19-20,23-25,29H,9,12,15,18,21-22,35H2,1-6H3,(H,36,43)(H,37,42)/t25-,29-,34+/m0/s1. The van der Waals surface area contributed by atoms with E-state index in [1.807, 2.05) is 36.4 Å². The predicted molar refractivity (Wildman–Crippen MR) is 170 cm³/mol. The number of alkyl carbamates (subject to hydrolysis) is 1. The van der Waals surface area contributed by atoms with Gasteiger partial charge in [0.25, 0.3) is 5.91 Å². The van der Waals surface area contributed by atoms with Crippen LogP contribution >= 0.6 is 0 Å². The molecule has 45 heavy (non-hydrogen) atoms. The van der Waals surface area contributed by atoms with Crippen LogP contribution in [-0.4, -0.2) is 59.4 Å². The van der Waals surface area contributed by atoms with E-state index >= 15 is 0 Å². The van der Waals surface area contributed by atoms with Crippen LogP contribution in [0.15, 0.2) is 60.7 Å². The molecule has 2 rings (SSSR count). The monoisotopic (exact) mass is 624 g/mol. The number of nitrogens with one attached hydrogen (secondary N) is 2. The van der Waals surface area contributed by atoms with E-state index in [1.54, 1.807) is 52.0 Å². The number of carbonyl (C=O) groups is 5. The summed E-state index contributed by atoms with van der Waals surface area (Å²) >= 11 is 0. The van der Waals surface area contributed by atoms with Crippen LogP contribution in [0.2, 0.25) is 0 Å². The third-order valence-electron chi connectivity index (χ3n) is 7.75. The van der Waals surface area contributed by atoms with Crippen LogP contribution in [0.3, 0.4) is 0 Å². The van der Waals surface area contributed by atoms with Crippen LogP contribution in [0, 0.1) is 11.8 Å². The zero-order valence-electron chi connectivity index (χ0n) is 27.2. The van der Waals surface area contributed by atoms with Gasteiger partial charge in [-0.3, -0.25) is 19.4 Å². The highest BCUT2D eigenvalue weighted by atomic mass is 16.5. The van der Waals surface area contributed by atoms with Crippen molar-refractivity contribution >= 4 is 29.7 Å². The predicted octanol–water partition coefficient (Wildman–Crippen LogP) is 4.08. The summed E-state index contributed by atoms with van der Waals surface area (Å²) in [6.45, 7) is 7.91. The SMILES string of the molecule is COC(=O)[C@@H](NC(=O)[C@](C(=O)[C@H](C)NC(=O)OCc1ccccc1)(C(C)C)N(N)C(=O)CCCCCc1ccccc1)C(C)C. The Labute approximate surface area is 266 Å². The summed E-state index contributed by atoms with van der Waals surface area (Å²) in [5, 5.41) is 5.75. The van der Waals surface area contributed by atoms with Crippen molar-refractivity contribution in [2.75, 3.05) is 7.11 Å². The number of ketones is 1. The number of unbranched alkanes of at least 4 members (excludes halogenated alkanes) is 2. The molecule has 0 heterocycles. The Hall–Kier alpha value is -4.25. The number of esters is 1. The normalized spacial score (nSPS) is 13.7. The van der Waals surface area contributed by atoms with Crippen molar-refractivity contribution < 1.29 is 33.4 Å². The molecule has 0 bridgehead atoms. The number of hydrogen-bond donors (Lipinski definition) is 3. The fraction of sp³-hybridized carbons (Fsp3) is 0.500. The van der Waals surface area contributed by atoms with Crippen LogP contribution < -0.4 is 16.5 Å². The number of carbonyl (C=O) groups excluding carboxylic acids is 5. The number of rotatable bonds is 17. The quantitative estimate of drug-likeness (QED) is 0.0593. The van der Waals surface area contributed by atoms with Gasteiger partial charge in [-0.1, -0.05) is 94.8 Å². The van der Waals surface area contributed by atoms with Crippen LogP contribution in [0.4, 0.5) is 4.79 Å². The first kappa shape index (κ1) is 36.9. The first-order chi connectivity index (χ1) is 21.4. The fourth-order valence-corrected chi connectivity index (χ4v) is 5.12. The molecule has 4 N–H and O–H groups in total. The van der Waals surface area contributed by atoms with E-state index in [2.05, 4.69) is 10.6 Å². The second-order valence-corrected chi connectivity index (χ2v) is 11.7. The van der Waals surface area contributed by atoms with E-state index in [4.69, 9.17) is 15.3 Å². The number of ether oxygens (including phenoxy) is 2. The van der Waals surface area contributed by atoms with Gasteiger partial charge in [-0.15, -0.1) is 0 Å². The van der Waals surface area contributed by atoms with Crippen LogP contribution in [0.5, 0.6) is 0 Å². The Morgan fingerprint density at radius 1 is 0.822 bits per heavy atom. The van der Waals surface area contributed by atoms with Crippen LogP contribution in [0.1, 0.15) is 71.4 Å². The molecule has 0 aliphatic rings. The maximum Gasteiger partial charge on any atom is 0.408 e. The summed E-state index contributed by atoms with van der Waals surface area (Å²) in [4.78, 5) is 67.0. The minimum absolute atomic E-state index is 0.00808. The number of hydrogen-bond acceptors (Lipinski definition) is 8. The van der Waals surface area contributed by atoms with Crippen molar-refractivity contribution in [2.45, 2.75) is 91.0 Å². The van der Waals surface area contributed by atoms with Gasteiger partial charge in [-0.05, 0) is 49.1 Å². The van der Waals surface area contributed by atoms with Gasteiger partial charge in [0, 0.05) is 6.42 Å². The lowest BCUT2D eigenvalue weighted by Crippen LogP contribution is -2.74. The van der Waals surface area contributed by atoms with Gasteiger partial charge in [-0.2, -0.15) is 0 Å². The molecule has 2 aromatic carbocycles. The molecule has 0 saturated carbocycles. The van der Waals surface area contributed by atoms with Gasteiger partial charge in [0.2, 0.25) is 5.91 Å². The minimum atomic E-state index is -2.27. The lowest BCUT2D eigenvalue weighted by Gasteiger charge is -2.43. The zero-order valence-corrected chi connectivity index (χ0v) is 27.2. The molecule has 0 aliphatic carbocycles. The molecule has 0 saturated heterocycles. The van der Waals surface area contributed by atoms with E-state index in [-0.39, 0.29) is 13.0 Å². The summed E-state index contributed by atoms with van der Waals surface area (Å²) in [6.07, 6.45) is 2.02.